The van der Waals surface area contributed by atoms with Gasteiger partial charge in [0.05, 0.1) is 12.7 Å². The van der Waals surface area contributed by atoms with Gasteiger partial charge in [-0.05, 0) is 25.2 Å². The number of nitrogens with one attached hydrogen (secondary N) is 1. The summed E-state index contributed by atoms with van der Waals surface area (Å²) in [6.45, 7) is 6.63. The Labute approximate surface area is 87.4 Å². The van der Waals surface area contributed by atoms with Crippen molar-refractivity contribution >= 4 is 0 Å². The molecule has 2 atom stereocenters. The lowest BCUT2D eigenvalue weighted by atomic mass is 9.97. The molecule has 2 unspecified atom stereocenters. The normalized spacial score (nSPS) is 31.7. The second-order valence-electron chi connectivity index (χ2n) is 5.22. The van der Waals surface area contributed by atoms with E-state index in [0.29, 0.717) is 11.6 Å². The number of rotatable bonds is 4. The maximum absolute atomic E-state index is 5.91. The highest BCUT2D eigenvalue weighted by Crippen LogP contribution is 2.38. The van der Waals surface area contributed by atoms with Crippen molar-refractivity contribution in [1.29, 1.82) is 0 Å². The molecule has 0 aromatic heterocycles. The Bertz CT molecular complexity index is 179. The van der Waals surface area contributed by atoms with Crippen molar-refractivity contribution in [2.45, 2.75) is 57.6 Å². The fraction of sp³-hybridized carbons (Fsp3) is 1.00. The van der Waals surface area contributed by atoms with Gasteiger partial charge < -0.3 is 10.1 Å². The molecule has 1 saturated carbocycles. The molecule has 1 aliphatic heterocycles. The minimum absolute atomic E-state index is 0.421. The van der Waals surface area contributed by atoms with Crippen LogP contribution in [-0.2, 0) is 4.74 Å². The van der Waals surface area contributed by atoms with Crippen LogP contribution < -0.4 is 5.32 Å². The third kappa shape index (κ3) is 2.48. The lowest BCUT2D eigenvalue weighted by Gasteiger charge is -2.31. The molecule has 1 aliphatic carbocycles. The molecule has 1 saturated heterocycles. The van der Waals surface area contributed by atoms with Crippen molar-refractivity contribution in [3.8, 4) is 0 Å². The van der Waals surface area contributed by atoms with E-state index in [1.165, 1.54) is 32.1 Å². The van der Waals surface area contributed by atoms with Crippen LogP contribution in [0.15, 0.2) is 0 Å². The Balaban J connectivity index is 1.67. The van der Waals surface area contributed by atoms with Gasteiger partial charge in [0.25, 0.3) is 0 Å². The summed E-state index contributed by atoms with van der Waals surface area (Å²) in [5.74, 6) is 0.819. The van der Waals surface area contributed by atoms with E-state index in [9.17, 15) is 0 Å². The average molecular weight is 197 g/mol. The van der Waals surface area contributed by atoms with Crippen LogP contribution in [0.2, 0.25) is 0 Å². The molecule has 0 radical (unpaired) electrons. The van der Waals surface area contributed by atoms with Gasteiger partial charge in [-0.25, -0.2) is 0 Å². The highest BCUT2D eigenvalue weighted by atomic mass is 16.5. The van der Waals surface area contributed by atoms with E-state index in [-0.39, 0.29) is 0 Å². The van der Waals surface area contributed by atoms with Crippen molar-refractivity contribution < 1.29 is 4.74 Å². The summed E-state index contributed by atoms with van der Waals surface area (Å²) in [6, 6.07) is 0. The Morgan fingerprint density at radius 1 is 1.50 bits per heavy atom. The lowest BCUT2D eigenvalue weighted by molar-refractivity contribution is -0.0148. The van der Waals surface area contributed by atoms with Crippen molar-refractivity contribution in [2.24, 2.45) is 5.92 Å². The maximum Gasteiger partial charge on any atom is 0.0703 e. The zero-order valence-corrected chi connectivity index (χ0v) is 9.51. The summed E-state index contributed by atoms with van der Waals surface area (Å²) in [6.07, 6.45) is 6.99. The second-order valence-corrected chi connectivity index (χ2v) is 5.22. The van der Waals surface area contributed by atoms with Crippen LogP contribution in [0.3, 0.4) is 0 Å². The molecule has 1 heterocycles. The molecule has 2 aliphatic rings. The van der Waals surface area contributed by atoms with E-state index >= 15 is 0 Å². The van der Waals surface area contributed by atoms with E-state index in [0.717, 1.165) is 19.1 Å². The highest BCUT2D eigenvalue weighted by molar-refractivity contribution is 5.04. The third-order valence-electron chi connectivity index (χ3n) is 3.60. The van der Waals surface area contributed by atoms with Gasteiger partial charge in [0.1, 0.15) is 0 Å². The minimum Gasteiger partial charge on any atom is -0.375 e. The Morgan fingerprint density at radius 2 is 2.29 bits per heavy atom. The molecule has 14 heavy (non-hydrogen) atoms. The first-order valence-corrected chi connectivity index (χ1v) is 6.11. The molecule has 2 fully saturated rings. The molecule has 1 N–H and O–H groups in total. The second kappa shape index (κ2) is 4.19. The summed E-state index contributed by atoms with van der Waals surface area (Å²) >= 11 is 0. The Morgan fingerprint density at radius 3 is 2.79 bits per heavy atom. The number of morpholine rings is 1. The highest BCUT2D eigenvalue weighted by Gasteiger charge is 2.45. The van der Waals surface area contributed by atoms with E-state index in [2.05, 4.69) is 19.2 Å². The summed E-state index contributed by atoms with van der Waals surface area (Å²) in [4.78, 5) is 0. The topological polar surface area (TPSA) is 21.3 Å². The largest absolute Gasteiger partial charge is 0.375 e. The minimum atomic E-state index is 0.421. The van der Waals surface area contributed by atoms with Crippen LogP contribution in [-0.4, -0.2) is 24.8 Å². The van der Waals surface area contributed by atoms with Crippen molar-refractivity contribution in [1.82, 2.24) is 5.32 Å². The first-order chi connectivity index (χ1) is 6.74. The van der Waals surface area contributed by atoms with Crippen molar-refractivity contribution in [3.05, 3.63) is 0 Å². The molecule has 2 rings (SSSR count). The molecule has 2 nitrogen and oxygen atoms in total. The summed E-state index contributed by atoms with van der Waals surface area (Å²) in [7, 11) is 0. The zero-order chi connectivity index (χ0) is 10.0. The van der Waals surface area contributed by atoms with Gasteiger partial charge in [0, 0.05) is 12.1 Å². The predicted octanol–water partition coefficient (Wildman–Crippen LogP) is 2.33. The van der Waals surface area contributed by atoms with Crippen LogP contribution >= 0.6 is 0 Å². The number of ether oxygens (including phenoxy) is 1. The van der Waals surface area contributed by atoms with Crippen LogP contribution in [0.25, 0.3) is 0 Å². The fourth-order valence-electron chi connectivity index (χ4n) is 2.40. The number of hydrogen-bond donors (Lipinski definition) is 1. The van der Waals surface area contributed by atoms with E-state index < -0.39 is 0 Å². The van der Waals surface area contributed by atoms with Crippen LogP contribution in [0.4, 0.5) is 0 Å². The van der Waals surface area contributed by atoms with E-state index in [1.54, 1.807) is 0 Å². The molecule has 82 valence electrons. The molecule has 2 heteroatoms. The van der Waals surface area contributed by atoms with Gasteiger partial charge in [0.2, 0.25) is 0 Å². The quantitative estimate of drug-likeness (QED) is 0.747. The molecule has 1 spiro atoms. The molecule has 0 aromatic carbocycles. The molecule has 0 aromatic rings. The van der Waals surface area contributed by atoms with Gasteiger partial charge in [-0.2, -0.15) is 0 Å². The summed E-state index contributed by atoms with van der Waals surface area (Å²) < 4.78 is 5.91. The van der Waals surface area contributed by atoms with Gasteiger partial charge in [-0.1, -0.05) is 26.7 Å². The Kier molecular flexibility index (Phi) is 3.13. The smallest absolute Gasteiger partial charge is 0.0703 e. The molecule has 0 amide bonds. The molecular formula is C12H23NO. The summed E-state index contributed by atoms with van der Waals surface area (Å²) in [5.41, 5.74) is 0.421. The fourth-order valence-corrected chi connectivity index (χ4v) is 2.40. The SMILES string of the molecule is CCCC(C)CC1CNC2(CC2)CO1. The molecular weight excluding hydrogens is 174 g/mol. The first-order valence-electron chi connectivity index (χ1n) is 6.11. The van der Waals surface area contributed by atoms with Crippen LogP contribution in [0.1, 0.15) is 46.0 Å². The van der Waals surface area contributed by atoms with Gasteiger partial charge in [-0.15, -0.1) is 0 Å². The van der Waals surface area contributed by atoms with Crippen molar-refractivity contribution in [3.63, 3.8) is 0 Å². The molecule has 0 bridgehead atoms. The van der Waals surface area contributed by atoms with Gasteiger partial charge in [0.15, 0.2) is 0 Å². The standard InChI is InChI=1S/C12H23NO/c1-3-4-10(2)7-11-8-13-12(5-6-12)9-14-11/h10-11,13H,3-9H2,1-2H3. The third-order valence-corrected chi connectivity index (χ3v) is 3.60. The monoisotopic (exact) mass is 197 g/mol. The van der Waals surface area contributed by atoms with Crippen molar-refractivity contribution in [2.75, 3.05) is 13.2 Å². The van der Waals surface area contributed by atoms with E-state index in [4.69, 9.17) is 4.74 Å². The van der Waals surface area contributed by atoms with Gasteiger partial charge in [-0.3, -0.25) is 0 Å². The lowest BCUT2D eigenvalue weighted by Crippen LogP contribution is -2.48. The maximum atomic E-state index is 5.91. The summed E-state index contributed by atoms with van der Waals surface area (Å²) in [5, 5.41) is 3.64. The zero-order valence-electron chi connectivity index (χ0n) is 9.51. The van der Waals surface area contributed by atoms with E-state index in [1.807, 2.05) is 0 Å². The van der Waals surface area contributed by atoms with Crippen LogP contribution in [0, 0.1) is 5.92 Å². The van der Waals surface area contributed by atoms with Gasteiger partial charge >= 0.3 is 0 Å². The first kappa shape index (κ1) is 10.4. The number of hydrogen-bond acceptors (Lipinski definition) is 2. The average Bonchev–Trinajstić information content (AvgIpc) is 2.91. The Hall–Kier alpha value is -0.0800. The predicted molar refractivity (Wildman–Crippen MR) is 58.4 cm³/mol. The van der Waals surface area contributed by atoms with Crippen LogP contribution in [0.5, 0.6) is 0 Å².